The van der Waals surface area contributed by atoms with Crippen LogP contribution < -0.4 is 5.32 Å². The van der Waals surface area contributed by atoms with Crippen molar-refractivity contribution in [2.24, 2.45) is 0 Å². The number of aromatic nitrogens is 1. The molecule has 0 aliphatic heterocycles. The van der Waals surface area contributed by atoms with Gasteiger partial charge >= 0.3 is 0 Å². The first kappa shape index (κ1) is 19.8. The molecule has 1 fully saturated rings. The molecule has 1 heterocycles. The van der Waals surface area contributed by atoms with Gasteiger partial charge in [0.05, 0.1) is 11.4 Å². The van der Waals surface area contributed by atoms with Crippen molar-refractivity contribution in [1.29, 1.82) is 0 Å². The molecule has 2 aromatic rings. The van der Waals surface area contributed by atoms with Gasteiger partial charge in [-0.15, -0.1) is 0 Å². The zero-order valence-corrected chi connectivity index (χ0v) is 16.9. The molecule has 1 atom stereocenters. The Bertz CT molecular complexity index is 808. The number of amides is 1. The number of carbonyl (C=O) groups excluding carboxylic acids is 1. The van der Waals surface area contributed by atoms with E-state index in [-0.39, 0.29) is 23.5 Å². The number of hydrogen-bond acceptors (Lipinski definition) is 4. The first-order valence-electron chi connectivity index (χ1n) is 9.69. The largest absolute Gasteiger partial charge is 0.441 e. The van der Waals surface area contributed by atoms with Crippen molar-refractivity contribution in [3.63, 3.8) is 0 Å². The van der Waals surface area contributed by atoms with Crippen LogP contribution in [0.4, 0.5) is 0 Å². The smallest absolute Gasteiger partial charge is 0.232 e. The monoisotopic (exact) mass is 388 g/mol. The number of hydrogen-bond donors (Lipinski definition) is 1. The molecule has 0 radical (unpaired) electrons. The predicted molar refractivity (Wildman–Crippen MR) is 108 cm³/mol. The van der Waals surface area contributed by atoms with E-state index in [4.69, 9.17) is 4.42 Å². The number of carbonyl (C=O) groups is 1. The minimum Gasteiger partial charge on any atom is -0.441 e. The standard InChI is InChI=1S/C21H28N2O3S/c1-15-8-7-9-17(12-15)21-23-19(16(2)26-21)13-27(25)14-20(24)22-18-10-5-3-4-6-11-18/h7-9,12,18H,3-6,10-11,13-14H2,1-2H3,(H,22,24). The van der Waals surface area contributed by atoms with E-state index in [0.717, 1.165) is 36.8 Å². The van der Waals surface area contributed by atoms with Crippen molar-refractivity contribution in [1.82, 2.24) is 10.3 Å². The third-order valence-electron chi connectivity index (χ3n) is 4.97. The van der Waals surface area contributed by atoms with Crippen LogP contribution in [-0.4, -0.2) is 26.9 Å². The van der Waals surface area contributed by atoms with E-state index < -0.39 is 10.8 Å². The summed E-state index contributed by atoms with van der Waals surface area (Å²) in [6.07, 6.45) is 6.86. The van der Waals surface area contributed by atoms with Crippen molar-refractivity contribution < 1.29 is 13.4 Å². The maximum Gasteiger partial charge on any atom is 0.232 e. The van der Waals surface area contributed by atoms with Crippen LogP contribution in [0.5, 0.6) is 0 Å². The lowest BCUT2D eigenvalue weighted by Crippen LogP contribution is -2.37. The van der Waals surface area contributed by atoms with Crippen molar-refractivity contribution in [3.8, 4) is 11.5 Å². The summed E-state index contributed by atoms with van der Waals surface area (Å²) in [5.74, 6) is 1.32. The normalized spacial score (nSPS) is 16.7. The molecule has 1 aliphatic carbocycles. The van der Waals surface area contributed by atoms with E-state index in [9.17, 15) is 9.00 Å². The number of nitrogens with one attached hydrogen (secondary N) is 1. The van der Waals surface area contributed by atoms with Gasteiger partial charge in [-0.3, -0.25) is 9.00 Å². The molecule has 5 nitrogen and oxygen atoms in total. The molecule has 0 saturated heterocycles. The fraction of sp³-hybridized carbons (Fsp3) is 0.524. The van der Waals surface area contributed by atoms with Crippen molar-refractivity contribution in [2.45, 2.75) is 64.2 Å². The fourth-order valence-electron chi connectivity index (χ4n) is 3.51. The van der Waals surface area contributed by atoms with Crippen molar-refractivity contribution in [2.75, 3.05) is 5.75 Å². The zero-order chi connectivity index (χ0) is 19.2. The summed E-state index contributed by atoms with van der Waals surface area (Å²) in [5, 5.41) is 3.05. The Morgan fingerprint density at radius 2 is 1.96 bits per heavy atom. The van der Waals surface area contributed by atoms with E-state index in [0.29, 0.717) is 17.3 Å². The number of rotatable bonds is 6. The topological polar surface area (TPSA) is 72.2 Å². The molecule has 0 spiro atoms. The SMILES string of the molecule is Cc1cccc(-c2nc(CS(=O)CC(=O)NC3CCCCCC3)c(C)o2)c1. The van der Waals surface area contributed by atoms with Crippen LogP contribution in [0.15, 0.2) is 28.7 Å². The van der Waals surface area contributed by atoms with E-state index in [1.54, 1.807) is 0 Å². The summed E-state index contributed by atoms with van der Waals surface area (Å²) < 4.78 is 18.2. The molecule has 1 saturated carbocycles. The second-order valence-electron chi connectivity index (χ2n) is 7.38. The molecule has 1 N–H and O–H groups in total. The predicted octanol–water partition coefficient (Wildman–Crippen LogP) is 4.05. The first-order chi connectivity index (χ1) is 13.0. The summed E-state index contributed by atoms with van der Waals surface area (Å²) in [7, 11) is -1.30. The Balaban J connectivity index is 1.56. The van der Waals surface area contributed by atoms with Gasteiger partial charge in [0, 0.05) is 22.4 Å². The van der Waals surface area contributed by atoms with Crippen LogP contribution in [0.1, 0.15) is 55.5 Å². The van der Waals surface area contributed by atoms with Crippen molar-refractivity contribution >= 4 is 16.7 Å². The van der Waals surface area contributed by atoms with Gasteiger partial charge in [0.15, 0.2) is 0 Å². The maximum atomic E-state index is 12.5. The molecule has 3 rings (SSSR count). The fourth-order valence-corrected chi connectivity index (χ4v) is 4.56. The van der Waals surface area contributed by atoms with Gasteiger partial charge in [0.1, 0.15) is 11.5 Å². The zero-order valence-electron chi connectivity index (χ0n) is 16.1. The molecule has 1 aromatic heterocycles. The summed E-state index contributed by atoms with van der Waals surface area (Å²) in [6, 6.07) is 8.16. The summed E-state index contributed by atoms with van der Waals surface area (Å²) in [6.45, 7) is 3.84. The molecule has 27 heavy (non-hydrogen) atoms. The van der Waals surface area contributed by atoms with Crippen LogP contribution in [0.3, 0.4) is 0 Å². The van der Waals surface area contributed by atoms with Gasteiger partial charge in [-0.25, -0.2) is 4.98 Å². The molecular weight excluding hydrogens is 360 g/mol. The van der Waals surface area contributed by atoms with Crippen molar-refractivity contribution in [3.05, 3.63) is 41.3 Å². The molecular formula is C21H28N2O3S. The highest BCUT2D eigenvalue weighted by Crippen LogP contribution is 2.23. The first-order valence-corrected chi connectivity index (χ1v) is 11.2. The van der Waals surface area contributed by atoms with Crippen LogP contribution in [0, 0.1) is 13.8 Å². The lowest BCUT2D eigenvalue weighted by Gasteiger charge is -2.15. The Morgan fingerprint density at radius 3 is 2.67 bits per heavy atom. The Labute approximate surface area is 163 Å². The van der Waals surface area contributed by atoms with E-state index in [1.165, 1.54) is 12.8 Å². The van der Waals surface area contributed by atoms with E-state index in [1.807, 2.05) is 38.1 Å². The lowest BCUT2D eigenvalue weighted by atomic mass is 10.1. The number of oxazole rings is 1. The van der Waals surface area contributed by atoms with Gasteiger partial charge in [-0.05, 0) is 38.8 Å². The Hall–Kier alpha value is -1.95. The van der Waals surface area contributed by atoms with Crippen LogP contribution in [0.25, 0.3) is 11.5 Å². The van der Waals surface area contributed by atoms with Crippen LogP contribution in [0.2, 0.25) is 0 Å². The van der Waals surface area contributed by atoms with Gasteiger partial charge in [0.25, 0.3) is 0 Å². The van der Waals surface area contributed by atoms with Crippen LogP contribution in [-0.2, 0) is 21.3 Å². The van der Waals surface area contributed by atoms with E-state index in [2.05, 4.69) is 10.3 Å². The molecule has 6 heteroatoms. The van der Waals surface area contributed by atoms with E-state index >= 15 is 0 Å². The van der Waals surface area contributed by atoms with Gasteiger partial charge in [-0.1, -0.05) is 43.4 Å². The lowest BCUT2D eigenvalue weighted by molar-refractivity contribution is -0.119. The minimum atomic E-state index is -1.30. The quantitative estimate of drug-likeness (QED) is 0.758. The molecule has 1 aliphatic rings. The highest BCUT2D eigenvalue weighted by atomic mass is 32.2. The molecule has 146 valence electrons. The third kappa shape index (κ3) is 5.76. The Kier molecular flexibility index (Phi) is 6.83. The van der Waals surface area contributed by atoms with Gasteiger partial charge < -0.3 is 9.73 Å². The number of nitrogens with zero attached hydrogens (tertiary/aromatic N) is 1. The third-order valence-corrected chi connectivity index (χ3v) is 6.15. The minimum absolute atomic E-state index is 0.0164. The summed E-state index contributed by atoms with van der Waals surface area (Å²) >= 11 is 0. The highest BCUT2D eigenvalue weighted by Gasteiger charge is 2.19. The highest BCUT2D eigenvalue weighted by molar-refractivity contribution is 7.84. The second kappa shape index (κ2) is 9.31. The Morgan fingerprint density at radius 1 is 1.22 bits per heavy atom. The van der Waals surface area contributed by atoms with Gasteiger partial charge in [-0.2, -0.15) is 0 Å². The van der Waals surface area contributed by atoms with Gasteiger partial charge in [0.2, 0.25) is 11.8 Å². The average molecular weight is 389 g/mol. The molecule has 1 unspecified atom stereocenters. The van der Waals surface area contributed by atoms with Crippen LogP contribution >= 0.6 is 0 Å². The maximum absolute atomic E-state index is 12.5. The summed E-state index contributed by atoms with van der Waals surface area (Å²) in [4.78, 5) is 16.7. The molecule has 1 aromatic carbocycles. The molecule has 1 amide bonds. The second-order valence-corrected chi connectivity index (χ2v) is 8.83. The average Bonchev–Trinajstić information content (AvgIpc) is 2.81. The number of aryl methyl sites for hydroxylation is 2. The number of benzene rings is 1. The summed E-state index contributed by atoms with van der Waals surface area (Å²) in [5.41, 5.74) is 2.69. The molecule has 0 bridgehead atoms.